The Labute approximate surface area is 198 Å². The maximum Gasteiger partial charge on any atom is 0.416 e. The number of hydrogen-bond acceptors (Lipinski definition) is 0. The molecule has 0 radical (unpaired) electrons. The Bertz CT molecular complexity index is 1060. The molecule has 0 N–H and O–H groups in total. The molecule has 0 nitrogen and oxygen atoms in total. The van der Waals surface area contributed by atoms with Gasteiger partial charge in [-0.05, 0) is 73.2 Å². The fraction of sp³-hybridized carbons (Fsp3) is 0.333. The molecular weight excluding hydrogens is 562 g/mol. The van der Waals surface area contributed by atoms with E-state index >= 15 is 0 Å². The average Bonchev–Trinajstić information content (AvgIpc) is 3.15. The third-order valence-corrected chi connectivity index (χ3v) is 7.63. The topological polar surface area (TPSA) is 0 Å². The molecule has 2 atom stereocenters. The van der Waals surface area contributed by atoms with Gasteiger partial charge in [0.05, 0.1) is 11.1 Å². The largest absolute Gasteiger partial charge is 0.416 e. The van der Waals surface area contributed by atoms with Crippen molar-refractivity contribution in [3.05, 3.63) is 77.7 Å². The van der Waals surface area contributed by atoms with E-state index in [1.54, 1.807) is 0 Å². The van der Waals surface area contributed by atoms with Gasteiger partial charge in [-0.25, -0.2) is 0 Å². The number of alkyl halides is 6. The molecule has 2 aliphatic carbocycles. The number of rotatable bonds is 3. The lowest BCUT2D eigenvalue weighted by Crippen LogP contribution is -2.09. The first-order valence-electron chi connectivity index (χ1n) is 9.95. The van der Waals surface area contributed by atoms with Crippen LogP contribution < -0.4 is 0 Å². The minimum absolute atomic E-state index is 0.213. The highest BCUT2D eigenvalue weighted by atomic mass is 79.9. The Balaban J connectivity index is 1.64. The van der Waals surface area contributed by atoms with E-state index in [1.165, 1.54) is 12.1 Å². The molecular formula is C24H18Br2F6. The molecule has 0 aromatic heterocycles. The molecule has 2 aromatic carbocycles. The zero-order valence-corrected chi connectivity index (χ0v) is 20.2. The Kier molecular flexibility index (Phi) is 5.94. The van der Waals surface area contributed by atoms with E-state index in [-0.39, 0.29) is 11.8 Å². The SMILES string of the molecule is CC1=Cc2c(Br)cc(C(F)(F)F)cc2C1CCC1C(C)=Cc2c(Br)cc(C(F)(F)F)cc21. The minimum Gasteiger partial charge on any atom is -0.166 e. The highest BCUT2D eigenvalue weighted by Gasteiger charge is 2.36. The molecule has 0 saturated heterocycles. The van der Waals surface area contributed by atoms with E-state index in [0.29, 0.717) is 32.9 Å². The molecule has 8 heteroatoms. The quantitative estimate of drug-likeness (QED) is 0.317. The van der Waals surface area contributed by atoms with Crippen molar-refractivity contribution in [2.45, 2.75) is 50.9 Å². The number of benzene rings is 2. The molecule has 0 amide bonds. The molecule has 2 unspecified atom stereocenters. The van der Waals surface area contributed by atoms with Gasteiger partial charge in [-0.1, -0.05) is 55.2 Å². The van der Waals surface area contributed by atoms with Gasteiger partial charge in [0, 0.05) is 20.8 Å². The fourth-order valence-electron chi connectivity index (χ4n) is 4.73. The predicted molar refractivity (Wildman–Crippen MR) is 120 cm³/mol. The fourth-order valence-corrected chi connectivity index (χ4v) is 5.91. The van der Waals surface area contributed by atoms with Crippen LogP contribution in [0.5, 0.6) is 0 Å². The number of fused-ring (bicyclic) bond motifs is 2. The van der Waals surface area contributed by atoms with Gasteiger partial charge in [0.2, 0.25) is 0 Å². The van der Waals surface area contributed by atoms with Crippen molar-refractivity contribution in [3.8, 4) is 0 Å². The van der Waals surface area contributed by atoms with Gasteiger partial charge in [-0.15, -0.1) is 0 Å². The monoisotopic (exact) mass is 578 g/mol. The van der Waals surface area contributed by atoms with Crippen molar-refractivity contribution in [2.24, 2.45) is 0 Å². The lowest BCUT2D eigenvalue weighted by Gasteiger charge is -2.21. The molecule has 4 rings (SSSR count). The van der Waals surface area contributed by atoms with Crippen molar-refractivity contribution >= 4 is 44.0 Å². The molecule has 0 aliphatic heterocycles. The summed E-state index contributed by atoms with van der Waals surface area (Å²) in [5.74, 6) is -0.427. The van der Waals surface area contributed by atoms with Crippen LogP contribution in [-0.2, 0) is 12.4 Å². The second-order valence-corrected chi connectivity index (χ2v) is 10.1. The van der Waals surface area contributed by atoms with Gasteiger partial charge in [-0.2, -0.15) is 26.3 Å². The molecule has 2 aromatic rings. The van der Waals surface area contributed by atoms with Gasteiger partial charge >= 0.3 is 12.4 Å². The van der Waals surface area contributed by atoms with Crippen LogP contribution in [0, 0.1) is 0 Å². The van der Waals surface area contributed by atoms with Crippen LogP contribution in [0.3, 0.4) is 0 Å². The van der Waals surface area contributed by atoms with Crippen LogP contribution >= 0.6 is 31.9 Å². The number of allylic oxidation sites excluding steroid dienone is 2. The summed E-state index contributed by atoms with van der Waals surface area (Å²) in [5.41, 5.74) is 3.16. The summed E-state index contributed by atoms with van der Waals surface area (Å²) in [5, 5.41) is 0. The van der Waals surface area contributed by atoms with Crippen LogP contribution in [0.1, 0.15) is 71.9 Å². The molecule has 170 valence electrons. The van der Waals surface area contributed by atoms with Gasteiger partial charge in [0.25, 0.3) is 0 Å². The van der Waals surface area contributed by atoms with Crippen LogP contribution in [0.4, 0.5) is 26.3 Å². The van der Waals surface area contributed by atoms with E-state index in [1.807, 2.05) is 26.0 Å². The molecule has 32 heavy (non-hydrogen) atoms. The second kappa shape index (κ2) is 8.05. The first-order chi connectivity index (χ1) is 14.8. The molecule has 0 fully saturated rings. The van der Waals surface area contributed by atoms with Crippen LogP contribution in [0.2, 0.25) is 0 Å². The molecule has 2 aliphatic rings. The van der Waals surface area contributed by atoms with E-state index in [2.05, 4.69) is 31.9 Å². The summed E-state index contributed by atoms with van der Waals surface area (Å²) in [6.07, 6.45) is -4.08. The van der Waals surface area contributed by atoms with Crippen LogP contribution in [0.25, 0.3) is 12.2 Å². The first-order valence-corrected chi connectivity index (χ1v) is 11.5. The Morgan fingerprint density at radius 2 is 1.00 bits per heavy atom. The van der Waals surface area contributed by atoms with Crippen molar-refractivity contribution < 1.29 is 26.3 Å². The van der Waals surface area contributed by atoms with Crippen molar-refractivity contribution in [2.75, 3.05) is 0 Å². The van der Waals surface area contributed by atoms with Crippen LogP contribution in [0.15, 0.2) is 44.4 Å². The summed E-state index contributed by atoms with van der Waals surface area (Å²) in [7, 11) is 0. The summed E-state index contributed by atoms with van der Waals surface area (Å²) in [6.45, 7) is 3.77. The number of hydrogen-bond donors (Lipinski definition) is 0. The first kappa shape index (κ1) is 23.6. The molecule has 0 bridgehead atoms. The highest BCUT2D eigenvalue weighted by Crippen LogP contribution is 2.49. The van der Waals surface area contributed by atoms with E-state index in [9.17, 15) is 26.3 Å². The van der Waals surface area contributed by atoms with Gasteiger partial charge in [0.1, 0.15) is 0 Å². The Hall–Kier alpha value is -1.54. The maximum atomic E-state index is 13.3. The summed E-state index contributed by atoms with van der Waals surface area (Å²) < 4.78 is 80.8. The summed E-state index contributed by atoms with van der Waals surface area (Å²) in [6, 6.07) is 4.56. The highest BCUT2D eigenvalue weighted by molar-refractivity contribution is 9.10. The van der Waals surface area contributed by atoms with E-state index < -0.39 is 23.5 Å². The third kappa shape index (κ3) is 4.20. The second-order valence-electron chi connectivity index (χ2n) is 8.38. The number of halogens is 8. The molecule has 0 heterocycles. The van der Waals surface area contributed by atoms with Gasteiger partial charge in [0.15, 0.2) is 0 Å². The minimum atomic E-state index is -4.46. The summed E-state index contributed by atoms with van der Waals surface area (Å²) >= 11 is 6.53. The van der Waals surface area contributed by atoms with Crippen LogP contribution in [-0.4, -0.2) is 0 Å². The normalized spacial score (nSPS) is 20.2. The molecule has 0 spiro atoms. The van der Waals surface area contributed by atoms with E-state index in [4.69, 9.17) is 0 Å². The Morgan fingerprint density at radius 3 is 1.31 bits per heavy atom. The van der Waals surface area contributed by atoms with Gasteiger partial charge in [-0.3, -0.25) is 0 Å². The standard InChI is InChI=1S/C24H18Br2F6/c1-11-5-19-17(7-13(9-21(19)25)23(27,28)29)15(11)3-4-16-12(2)6-20-18(16)8-14(10-22(20)26)24(30,31)32/h5-10,15-16H,3-4H2,1-2H3. The lowest BCUT2D eigenvalue weighted by atomic mass is 9.84. The summed E-state index contributed by atoms with van der Waals surface area (Å²) in [4.78, 5) is 0. The zero-order chi connectivity index (χ0) is 23.6. The molecule has 0 saturated carbocycles. The lowest BCUT2D eigenvalue weighted by molar-refractivity contribution is -0.138. The van der Waals surface area contributed by atoms with Crippen molar-refractivity contribution in [1.29, 1.82) is 0 Å². The maximum absolute atomic E-state index is 13.3. The third-order valence-electron chi connectivity index (χ3n) is 6.32. The predicted octanol–water partition coefficient (Wildman–Crippen LogP) is 9.73. The zero-order valence-electron chi connectivity index (χ0n) is 17.1. The van der Waals surface area contributed by atoms with E-state index in [0.717, 1.165) is 34.4 Å². The average molecular weight is 580 g/mol. The Morgan fingerprint density at radius 1 is 0.656 bits per heavy atom. The van der Waals surface area contributed by atoms with Gasteiger partial charge < -0.3 is 0 Å². The van der Waals surface area contributed by atoms with Crippen molar-refractivity contribution in [3.63, 3.8) is 0 Å². The van der Waals surface area contributed by atoms with Crippen molar-refractivity contribution in [1.82, 2.24) is 0 Å². The smallest absolute Gasteiger partial charge is 0.166 e.